The zero-order valence-electron chi connectivity index (χ0n) is 19.2. The Bertz CT molecular complexity index is 1060. The van der Waals surface area contributed by atoms with E-state index in [0.717, 1.165) is 53.6 Å². The lowest BCUT2D eigenvalue weighted by molar-refractivity contribution is -0.188. The zero-order chi connectivity index (χ0) is 22.6. The Morgan fingerprint density at radius 2 is 1.72 bits per heavy atom. The monoisotopic (exact) mass is 432 g/mol. The van der Waals surface area contributed by atoms with Crippen molar-refractivity contribution >= 4 is 16.9 Å². The topological polar surface area (TPSA) is 51.7 Å². The largest absolute Gasteiger partial charge is 0.487 e. The third-order valence-electron chi connectivity index (χ3n) is 6.61. The lowest BCUT2D eigenvalue weighted by Crippen LogP contribution is -2.44. The van der Waals surface area contributed by atoms with Crippen LogP contribution in [0.5, 0.6) is 5.75 Å². The summed E-state index contributed by atoms with van der Waals surface area (Å²) in [7, 11) is 3.49. The molecule has 1 aromatic heterocycles. The molecule has 0 amide bonds. The fourth-order valence-corrected chi connectivity index (χ4v) is 4.70. The summed E-state index contributed by atoms with van der Waals surface area (Å²) >= 11 is 0. The first-order chi connectivity index (χ1) is 15.5. The summed E-state index contributed by atoms with van der Waals surface area (Å²) in [4.78, 5) is 23.4. The average molecular weight is 433 g/mol. The second kappa shape index (κ2) is 9.70. The van der Waals surface area contributed by atoms with Gasteiger partial charge in [0, 0.05) is 19.5 Å². The SMILES string of the molecule is CN(C)OC(=O)C(C)(c1ccc(OCc2ccc3ccccc3n2)cc1)C1CCCCC1. The van der Waals surface area contributed by atoms with Gasteiger partial charge < -0.3 is 9.57 Å². The van der Waals surface area contributed by atoms with Crippen molar-refractivity contribution in [2.24, 2.45) is 5.92 Å². The van der Waals surface area contributed by atoms with Gasteiger partial charge in [-0.15, -0.1) is 5.06 Å². The standard InChI is InChI=1S/C27H32N2O3/c1-27(26(30)32-29(2)3,21-10-5-4-6-11-21)22-14-17-24(18-15-22)31-19-23-16-13-20-9-7-8-12-25(20)28-23/h7-9,12-18,21H,4-6,10-11,19H2,1-3H3. The van der Waals surface area contributed by atoms with Gasteiger partial charge in [-0.2, -0.15) is 0 Å². The first kappa shape index (κ1) is 22.3. The van der Waals surface area contributed by atoms with Crippen molar-refractivity contribution in [1.82, 2.24) is 10.0 Å². The number of ether oxygens (including phenoxy) is 1. The van der Waals surface area contributed by atoms with Crippen LogP contribution in [0.3, 0.4) is 0 Å². The molecule has 0 spiro atoms. The van der Waals surface area contributed by atoms with Crippen molar-refractivity contribution in [1.29, 1.82) is 0 Å². The maximum absolute atomic E-state index is 13.2. The number of nitrogens with zero attached hydrogens (tertiary/aromatic N) is 2. The number of hydrogen-bond donors (Lipinski definition) is 0. The lowest BCUT2D eigenvalue weighted by Gasteiger charge is -2.38. The van der Waals surface area contributed by atoms with Crippen LogP contribution in [-0.4, -0.2) is 30.1 Å². The molecule has 0 bridgehead atoms. The van der Waals surface area contributed by atoms with E-state index in [9.17, 15) is 4.79 Å². The van der Waals surface area contributed by atoms with Crippen LogP contribution in [0.2, 0.25) is 0 Å². The van der Waals surface area contributed by atoms with Crippen molar-refractivity contribution in [3.63, 3.8) is 0 Å². The molecule has 1 aliphatic carbocycles. The van der Waals surface area contributed by atoms with E-state index >= 15 is 0 Å². The lowest BCUT2D eigenvalue weighted by atomic mass is 9.66. The molecule has 1 unspecified atom stereocenters. The zero-order valence-corrected chi connectivity index (χ0v) is 19.2. The molecule has 4 rings (SSSR count). The third-order valence-corrected chi connectivity index (χ3v) is 6.61. The highest BCUT2D eigenvalue weighted by atomic mass is 16.7. The number of carbonyl (C=O) groups excluding carboxylic acids is 1. The number of aromatic nitrogens is 1. The van der Waals surface area contributed by atoms with Gasteiger partial charge in [0.15, 0.2) is 0 Å². The van der Waals surface area contributed by atoms with Crippen molar-refractivity contribution in [2.45, 2.75) is 51.0 Å². The van der Waals surface area contributed by atoms with Gasteiger partial charge in [0.05, 0.1) is 16.6 Å². The van der Waals surface area contributed by atoms with Crippen LogP contribution >= 0.6 is 0 Å². The number of rotatable bonds is 7. The fourth-order valence-electron chi connectivity index (χ4n) is 4.70. The number of fused-ring (bicyclic) bond motifs is 1. The number of hydrogen-bond acceptors (Lipinski definition) is 5. The molecule has 1 fully saturated rings. The van der Waals surface area contributed by atoms with Gasteiger partial charge in [-0.25, -0.2) is 9.78 Å². The minimum absolute atomic E-state index is 0.191. The van der Waals surface area contributed by atoms with Crippen LogP contribution in [0.1, 0.15) is 50.3 Å². The molecule has 1 heterocycles. The van der Waals surface area contributed by atoms with Crippen LogP contribution in [0.25, 0.3) is 10.9 Å². The molecule has 5 heteroatoms. The summed E-state index contributed by atoms with van der Waals surface area (Å²) in [5.41, 5.74) is 2.15. The van der Waals surface area contributed by atoms with Crippen molar-refractivity contribution < 1.29 is 14.4 Å². The van der Waals surface area contributed by atoms with Crippen molar-refractivity contribution in [3.8, 4) is 5.75 Å². The summed E-state index contributed by atoms with van der Waals surface area (Å²) in [5.74, 6) is 0.844. The number of carbonyl (C=O) groups is 1. The molecule has 0 aliphatic heterocycles. The van der Waals surface area contributed by atoms with Gasteiger partial charge in [-0.1, -0.05) is 55.7 Å². The number of pyridine rings is 1. The quantitative estimate of drug-likeness (QED) is 0.450. The van der Waals surface area contributed by atoms with Gasteiger partial charge in [-0.05, 0) is 55.5 Å². The normalized spacial score (nSPS) is 16.6. The molecule has 3 aromatic rings. The van der Waals surface area contributed by atoms with E-state index in [-0.39, 0.29) is 11.9 Å². The van der Waals surface area contributed by atoms with E-state index in [4.69, 9.17) is 9.57 Å². The average Bonchev–Trinajstić information content (AvgIpc) is 2.82. The van der Waals surface area contributed by atoms with Crippen molar-refractivity contribution in [3.05, 3.63) is 71.9 Å². The minimum Gasteiger partial charge on any atom is -0.487 e. The van der Waals surface area contributed by atoms with E-state index in [0.29, 0.717) is 6.61 Å². The highest BCUT2D eigenvalue weighted by Crippen LogP contribution is 2.42. The van der Waals surface area contributed by atoms with Crippen LogP contribution in [0.15, 0.2) is 60.7 Å². The predicted molar refractivity (Wildman–Crippen MR) is 126 cm³/mol. The second-order valence-electron chi connectivity index (χ2n) is 9.04. The van der Waals surface area contributed by atoms with Gasteiger partial charge >= 0.3 is 5.97 Å². The molecule has 1 saturated carbocycles. The Hall–Kier alpha value is -2.92. The highest BCUT2D eigenvalue weighted by molar-refractivity contribution is 5.83. The number of para-hydroxylation sites is 1. The van der Waals surface area contributed by atoms with E-state index in [1.54, 1.807) is 14.1 Å². The molecule has 0 saturated heterocycles. The van der Waals surface area contributed by atoms with E-state index in [2.05, 4.69) is 17.1 Å². The third kappa shape index (κ3) is 4.78. The Labute approximate surface area is 190 Å². The molecule has 1 aliphatic rings. The van der Waals surface area contributed by atoms with E-state index in [1.165, 1.54) is 11.5 Å². The van der Waals surface area contributed by atoms with E-state index < -0.39 is 5.41 Å². The first-order valence-corrected chi connectivity index (χ1v) is 11.4. The Kier molecular flexibility index (Phi) is 6.75. The molecular formula is C27H32N2O3. The van der Waals surface area contributed by atoms with Crippen LogP contribution < -0.4 is 4.74 Å². The first-order valence-electron chi connectivity index (χ1n) is 11.4. The molecule has 1 atom stereocenters. The Morgan fingerprint density at radius 3 is 2.44 bits per heavy atom. The maximum atomic E-state index is 13.2. The summed E-state index contributed by atoms with van der Waals surface area (Å²) in [6.07, 6.45) is 5.66. The van der Waals surface area contributed by atoms with Crippen LogP contribution in [-0.2, 0) is 21.7 Å². The molecule has 0 N–H and O–H groups in total. The molecule has 168 valence electrons. The summed E-state index contributed by atoms with van der Waals surface area (Å²) in [6.45, 7) is 2.43. The summed E-state index contributed by atoms with van der Waals surface area (Å²) < 4.78 is 5.99. The Morgan fingerprint density at radius 1 is 1.00 bits per heavy atom. The smallest absolute Gasteiger partial charge is 0.335 e. The van der Waals surface area contributed by atoms with Gasteiger partial charge in [0.2, 0.25) is 0 Å². The molecular weight excluding hydrogens is 400 g/mol. The molecule has 2 aromatic carbocycles. The second-order valence-corrected chi connectivity index (χ2v) is 9.04. The van der Waals surface area contributed by atoms with Crippen LogP contribution in [0, 0.1) is 5.92 Å². The number of benzene rings is 2. The van der Waals surface area contributed by atoms with Gasteiger partial charge in [0.1, 0.15) is 12.4 Å². The predicted octanol–water partition coefficient (Wildman–Crippen LogP) is 5.67. The molecule has 5 nitrogen and oxygen atoms in total. The molecule has 0 radical (unpaired) electrons. The number of hydroxylamine groups is 2. The summed E-state index contributed by atoms with van der Waals surface area (Å²) in [5, 5.41) is 2.60. The summed E-state index contributed by atoms with van der Waals surface area (Å²) in [6, 6.07) is 20.0. The van der Waals surface area contributed by atoms with Crippen molar-refractivity contribution in [2.75, 3.05) is 14.1 Å². The molecule has 32 heavy (non-hydrogen) atoms. The minimum atomic E-state index is -0.677. The highest BCUT2D eigenvalue weighted by Gasteiger charge is 2.45. The maximum Gasteiger partial charge on any atom is 0.335 e. The van der Waals surface area contributed by atoms with Crippen LogP contribution in [0.4, 0.5) is 0 Å². The fraction of sp³-hybridized carbons (Fsp3) is 0.407. The Balaban J connectivity index is 1.50. The van der Waals surface area contributed by atoms with Gasteiger partial charge in [-0.3, -0.25) is 0 Å². The van der Waals surface area contributed by atoms with Gasteiger partial charge in [0.25, 0.3) is 0 Å². The van der Waals surface area contributed by atoms with E-state index in [1.807, 2.05) is 55.5 Å².